The van der Waals surface area contributed by atoms with Crippen molar-refractivity contribution in [1.29, 1.82) is 0 Å². The van der Waals surface area contributed by atoms with Crippen molar-refractivity contribution in [3.05, 3.63) is 12.3 Å². The molecule has 1 aliphatic heterocycles. The maximum atomic E-state index is 12.4. The van der Waals surface area contributed by atoms with Crippen LogP contribution in [-0.2, 0) is 26.6 Å². The molecule has 8 nitrogen and oxygen atoms in total. The third-order valence-electron chi connectivity index (χ3n) is 3.18. The number of carboxylic acid groups (broad SMARTS) is 1. The minimum Gasteiger partial charge on any atom is -0.480 e. The van der Waals surface area contributed by atoms with Gasteiger partial charge in [-0.25, -0.2) is 8.42 Å². The van der Waals surface area contributed by atoms with Crippen LogP contribution < -0.4 is 0 Å². The summed E-state index contributed by atoms with van der Waals surface area (Å²) < 4.78 is 32.1. The molecule has 1 aromatic rings. The van der Waals surface area contributed by atoms with Crippen molar-refractivity contribution in [1.82, 2.24) is 14.1 Å². The van der Waals surface area contributed by atoms with Crippen molar-refractivity contribution in [2.75, 3.05) is 13.7 Å². The zero-order chi connectivity index (χ0) is 14.2. The van der Waals surface area contributed by atoms with Crippen LogP contribution in [0.3, 0.4) is 0 Å². The Morgan fingerprint density at radius 3 is 2.74 bits per heavy atom. The summed E-state index contributed by atoms with van der Waals surface area (Å²) in [6.07, 6.45) is 1.08. The lowest BCUT2D eigenvalue weighted by Crippen LogP contribution is -2.41. The van der Waals surface area contributed by atoms with E-state index < -0.39 is 28.1 Å². The lowest BCUT2D eigenvalue weighted by atomic mass is 10.2. The van der Waals surface area contributed by atoms with E-state index in [0.29, 0.717) is 0 Å². The fourth-order valence-electron chi connectivity index (χ4n) is 2.16. The summed E-state index contributed by atoms with van der Waals surface area (Å²) in [5.74, 6) is -1.18. The molecule has 2 unspecified atom stereocenters. The molecule has 0 spiro atoms. The summed E-state index contributed by atoms with van der Waals surface area (Å²) in [6.45, 7) is 0.0288. The van der Waals surface area contributed by atoms with E-state index in [0.717, 1.165) is 4.31 Å². The molecule has 0 aliphatic carbocycles. The average Bonchev–Trinajstić information content (AvgIpc) is 2.94. The molecule has 9 heteroatoms. The van der Waals surface area contributed by atoms with Crippen LogP contribution in [0.2, 0.25) is 0 Å². The minimum absolute atomic E-state index is 0.0288. The number of nitrogens with zero attached hydrogens (tertiary/aromatic N) is 3. The third-order valence-corrected chi connectivity index (χ3v) is 5.13. The summed E-state index contributed by atoms with van der Waals surface area (Å²) in [6, 6.07) is 0.235. The highest BCUT2D eigenvalue weighted by Crippen LogP contribution is 2.27. The molecule has 1 aromatic heterocycles. The number of methoxy groups -OCH3 is 1. The number of aryl methyl sites for hydroxylation is 1. The average molecular weight is 289 g/mol. The van der Waals surface area contributed by atoms with Gasteiger partial charge >= 0.3 is 5.97 Å². The highest BCUT2D eigenvalue weighted by atomic mass is 32.2. The Morgan fingerprint density at radius 1 is 1.58 bits per heavy atom. The number of ether oxygens (including phenoxy) is 1. The van der Waals surface area contributed by atoms with E-state index in [1.54, 1.807) is 0 Å². The second-order valence-electron chi connectivity index (χ2n) is 4.32. The van der Waals surface area contributed by atoms with Crippen molar-refractivity contribution in [2.24, 2.45) is 7.05 Å². The number of carbonyl (C=O) groups is 1. The predicted molar refractivity (Wildman–Crippen MR) is 63.9 cm³/mol. The first-order valence-corrected chi connectivity index (χ1v) is 7.07. The monoisotopic (exact) mass is 289 g/mol. The van der Waals surface area contributed by atoms with Crippen LogP contribution in [-0.4, -0.2) is 59.4 Å². The number of rotatable bonds is 4. The first-order valence-electron chi connectivity index (χ1n) is 5.63. The van der Waals surface area contributed by atoms with Gasteiger partial charge in [-0.05, 0) is 6.07 Å². The maximum Gasteiger partial charge on any atom is 0.322 e. The second-order valence-corrected chi connectivity index (χ2v) is 6.15. The summed E-state index contributed by atoms with van der Waals surface area (Å²) in [5.41, 5.74) is 0. The normalized spacial score (nSPS) is 24.7. The van der Waals surface area contributed by atoms with E-state index in [1.165, 1.54) is 31.1 Å². The molecule has 106 valence electrons. The molecular weight excluding hydrogens is 274 g/mol. The molecule has 0 saturated carbocycles. The van der Waals surface area contributed by atoms with E-state index in [2.05, 4.69) is 5.10 Å². The Balaban J connectivity index is 2.39. The minimum atomic E-state index is -3.89. The van der Waals surface area contributed by atoms with Crippen LogP contribution in [0.4, 0.5) is 0 Å². The fraction of sp³-hybridized carbons (Fsp3) is 0.600. The lowest BCUT2D eigenvalue weighted by Gasteiger charge is -2.20. The molecule has 0 bridgehead atoms. The quantitative estimate of drug-likeness (QED) is 0.785. The maximum absolute atomic E-state index is 12.4. The van der Waals surface area contributed by atoms with Crippen molar-refractivity contribution in [3.63, 3.8) is 0 Å². The summed E-state index contributed by atoms with van der Waals surface area (Å²) >= 11 is 0. The Labute approximate surface area is 110 Å². The van der Waals surface area contributed by atoms with Crippen LogP contribution in [0.25, 0.3) is 0 Å². The molecule has 19 heavy (non-hydrogen) atoms. The van der Waals surface area contributed by atoms with Gasteiger partial charge in [-0.3, -0.25) is 9.48 Å². The summed E-state index contributed by atoms with van der Waals surface area (Å²) in [4.78, 5) is 11.2. The number of sulfonamides is 1. The van der Waals surface area contributed by atoms with E-state index in [1.807, 2.05) is 0 Å². The van der Waals surface area contributed by atoms with Crippen LogP contribution in [0.1, 0.15) is 6.42 Å². The van der Waals surface area contributed by atoms with Crippen molar-refractivity contribution >= 4 is 16.0 Å². The molecular formula is C10H15N3O5S. The SMILES string of the molecule is COC1CC(C(=O)O)N(S(=O)(=O)c2ccnn2C)C1. The molecule has 2 heterocycles. The van der Waals surface area contributed by atoms with E-state index in [4.69, 9.17) is 9.84 Å². The smallest absolute Gasteiger partial charge is 0.322 e. The standard InChI is InChI=1S/C10H15N3O5S/c1-12-9(3-4-11-12)19(16,17)13-6-7(18-2)5-8(13)10(14)15/h3-4,7-8H,5-6H2,1-2H3,(H,14,15). The molecule has 1 fully saturated rings. The van der Waals surface area contributed by atoms with Crippen LogP contribution in [0.5, 0.6) is 0 Å². The van der Waals surface area contributed by atoms with Gasteiger partial charge in [0.1, 0.15) is 6.04 Å². The van der Waals surface area contributed by atoms with E-state index in [-0.39, 0.29) is 18.0 Å². The predicted octanol–water partition coefficient (Wildman–Crippen LogP) is -0.717. The summed E-state index contributed by atoms with van der Waals surface area (Å²) in [7, 11) is -0.963. The van der Waals surface area contributed by atoms with Gasteiger partial charge < -0.3 is 9.84 Å². The number of aromatic nitrogens is 2. The van der Waals surface area contributed by atoms with Gasteiger partial charge in [-0.2, -0.15) is 9.40 Å². The lowest BCUT2D eigenvalue weighted by molar-refractivity contribution is -0.140. The fourth-order valence-corrected chi connectivity index (χ4v) is 3.89. The number of hydrogen-bond donors (Lipinski definition) is 1. The van der Waals surface area contributed by atoms with Gasteiger partial charge in [0.25, 0.3) is 10.0 Å². The highest BCUT2D eigenvalue weighted by Gasteiger charge is 2.45. The molecule has 0 aromatic carbocycles. The topological polar surface area (TPSA) is 102 Å². The van der Waals surface area contributed by atoms with Gasteiger partial charge in [0.2, 0.25) is 0 Å². The van der Waals surface area contributed by atoms with Gasteiger partial charge in [0, 0.05) is 27.1 Å². The Morgan fingerprint density at radius 2 is 2.26 bits per heavy atom. The molecule has 1 aliphatic rings. The molecule has 2 atom stereocenters. The van der Waals surface area contributed by atoms with Crippen molar-refractivity contribution in [2.45, 2.75) is 23.6 Å². The molecule has 2 rings (SSSR count). The third kappa shape index (κ3) is 2.36. The second kappa shape index (κ2) is 4.91. The number of aliphatic carboxylic acids is 1. The van der Waals surface area contributed by atoms with E-state index in [9.17, 15) is 13.2 Å². The highest BCUT2D eigenvalue weighted by molar-refractivity contribution is 7.89. The Bertz CT molecular complexity index is 582. The first kappa shape index (κ1) is 14.0. The van der Waals surface area contributed by atoms with Gasteiger partial charge in [0.05, 0.1) is 12.3 Å². The Kier molecular flexibility index (Phi) is 3.61. The van der Waals surface area contributed by atoms with Gasteiger partial charge in [-0.1, -0.05) is 0 Å². The summed E-state index contributed by atoms with van der Waals surface area (Å²) in [5, 5.41) is 12.9. The van der Waals surface area contributed by atoms with Crippen LogP contribution in [0, 0.1) is 0 Å². The molecule has 1 N–H and O–H groups in total. The zero-order valence-corrected chi connectivity index (χ0v) is 11.4. The number of hydrogen-bond acceptors (Lipinski definition) is 5. The largest absolute Gasteiger partial charge is 0.480 e. The van der Waals surface area contributed by atoms with Crippen LogP contribution in [0.15, 0.2) is 17.3 Å². The van der Waals surface area contributed by atoms with Gasteiger partial charge in [0.15, 0.2) is 5.03 Å². The molecule has 0 radical (unpaired) electrons. The first-order chi connectivity index (χ1) is 8.87. The van der Waals surface area contributed by atoms with Gasteiger partial charge in [-0.15, -0.1) is 0 Å². The molecule has 0 amide bonds. The molecule has 1 saturated heterocycles. The van der Waals surface area contributed by atoms with Crippen molar-refractivity contribution in [3.8, 4) is 0 Å². The van der Waals surface area contributed by atoms with E-state index >= 15 is 0 Å². The van der Waals surface area contributed by atoms with Crippen LogP contribution >= 0.6 is 0 Å². The van der Waals surface area contributed by atoms with Crippen molar-refractivity contribution < 1.29 is 23.1 Å². The Hall–Kier alpha value is -1.45. The zero-order valence-electron chi connectivity index (χ0n) is 10.6. The number of carboxylic acids is 1.